The second-order valence-corrected chi connectivity index (χ2v) is 10.9. The van der Waals surface area contributed by atoms with E-state index in [9.17, 15) is 26.0 Å². The van der Waals surface area contributed by atoms with Crippen molar-refractivity contribution in [2.45, 2.75) is 47.9 Å². The minimum absolute atomic E-state index is 0.0789. The van der Waals surface area contributed by atoms with Gasteiger partial charge in [-0.25, -0.2) is 26.4 Å². The summed E-state index contributed by atoms with van der Waals surface area (Å²) < 4.78 is 63.6. The number of primary sulfonamides is 1. The monoisotopic (exact) mass is 469 g/mol. The predicted molar refractivity (Wildman–Crippen MR) is 114 cm³/mol. The van der Waals surface area contributed by atoms with Gasteiger partial charge in [0, 0.05) is 11.7 Å². The molecule has 2 aromatic rings. The van der Waals surface area contributed by atoms with Crippen LogP contribution < -0.4 is 10.5 Å². The number of nitrogens with one attached hydrogen (secondary N) is 1. The standard InChI is InChI=1S/C20H24FN3O5S2/c21-15-6-10-19(11-7-15)31(28,29)24(17-4-2-1-3-5-17)14-20(25)23-16-8-12-18(13-9-16)30(22,26)27/h6-13,17H,1-5,14H2,(H,23,25)(H2,22,26,27). The number of amides is 1. The molecule has 1 saturated carbocycles. The Balaban J connectivity index is 1.81. The van der Waals surface area contributed by atoms with E-state index in [1.54, 1.807) is 0 Å². The van der Waals surface area contributed by atoms with Gasteiger partial charge in [0.25, 0.3) is 0 Å². The van der Waals surface area contributed by atoms with Gasteiger partial charge in [0.15, 0.2) is 0 Å². The molecule has 0 radical (unpaired) electrons. The van der Waals surface area contributed by atoms with Crippen molar-refractivity contribution in [1.29, 1.82) is 0 Å². The zero-order chi connectivity index (χ0) is 22.6. The second-order valence-electron chi connectivity index (χ2n) is 7.41. The van der Waals surface area contributed by atoms with E-state index in [-0.39, 0.29) is 15.8 Å². The highest BCUT2D eigenvalue weighted by Crippen LogP contribution is 2.28. The molecule has 1 aliphatic rings. The van der Waals surface area contributed by atoms with Gasteiger partial charge in [-0.05, 0) is 61.4 Å². The lowest BCUT2D eigenvalue weighted by Crippen LogP contribution is -2.45. The molecular formula is C20H24FN3O5S2. The van der Waals surface area contributed by atoms with Crippen LogP contribution in [0.3, 0.4) is 0 Å². The maximum Gasteiger partial charge on any atom is 0.243 e. The molecule has 0 heterocycles. The number of sulfonamides is 2. The fourth-order valence-electron chi connectivity index (χ4n) is 3.59. The first kappa shape index (κ1) is 23.3. The van der Waals surface area contributed by atoms with E-state index in [0.717, 1.165) is 31.4 Å². The van der Waals surface area contributed by atoms with Crippen LogP contribution in [0, 0.1) is 5.82 Å². The van der Waals surface area contributed by atoms with Crippen LogP contribution in [0.4, 0.5) is 10.1 Å². The third-order valence-electron chi connectivity index (χ3n) is 5.17. The lowest BCUT2D eigenvalue weighted by molar-refractivity contribution is -0.116. The third kappa shape index (κ3) is 5.88. The molecule has 0 saturated heterocycles. The number of halogens is 1. The largest absolute Gasteiger partial charge is 0.325 e. The van der Waals surface area contributed by atoms with Gasteiger partial charge < -0.3 is 5.32 Å². The molecule has 0 aliphatic heterocycles. The first-order chi connectivity index (χ1) is 14.6. The summed E-state index contributed by atoms with van der Waals surface area (Å²) >= 11 is 0. The fourth-order valence-corrected chi connectivity index (χ4v) is 5.75. The van der Waals surface area contributed by atoms with Crippen molar-refractivity contribution >= 4 is 31.6 Å². The van der Waals surface area contributed by atoms with Crippen molar-refractivity contribution in [2.75, 3.05) is 11.9 Å². The number of benzene rings is 2. The van der Waals surface area contributed by atoms with Crippen molar-refractivity contribution in [2.24, 2.45) is 5.14 Å². The molecule has 0 bridgehead atoms. The molecule has 3 rings (SSSR count). The highest BCUT2D eigenvalue weighted by Gasteiger charge is 2.34. The van der Waals surface area contributed by atoms with Crippen LogP contribution in [0.2, 0.25) is 0 Å². The summed E-state index contributed by atoms with van der Waals surface area (Å²) in [4.78, 5) is 12.5. The molecule has 8 nitrogen and oxygen atoms in total. The van der Waals surface area contributed by atoms with E-state index in [0.29, 0.717) is 18.5 Å². The average molecular weight is 470 g/mol. The summed E-state index contributed by atoms with van der Waals surface area (Å²) in [5.74, 6) is -1.12. The molecule has 0 atom stereocenters. The summed E-state index contributed by atoms with van der Waals surface area (Å²) in [5, 5.41) is 7.64. The number of rotatable bonds is 7. The zero-order valence-electron chi connectivity index (χ0n) is 16.7. The lowest BCUT2D eigenvalue weighted by atomic mass is 9.95. The Kier molecular flexibility index (Phi) is 7.10. The van der Waals surface area contributed by atoms with Gasteiger partial charge in [-0.2, -0.15) is 4.31 Å². The van der Waals surface area contributed by atoms with Crippen molar-refractivity contribution in [3.8, 4) is 0 Å². The minimum atomic E-state index is -4.02. The van der Waals surface area contributed by atoms with Crippen molar-refractivity contribution in [3.05, 3.63) is 54.3 Å². The minimum Gasteiger partial charge on any atom is -0.325 e. The zero-order valence-corrected chi connectivity index (χ0v) is 18.3. The summed E-state index contributed by atoms with van der Waals surface area (Å²) in [5.41, 5.74) is 0.306. The predicted octanol–water partition coefficient (Wildman–Crippen LogP) is 2.44. The number of carbonyl (C=O) groups excluding carboxylic acids is 1. The normalized spacial score (nSPS) is 15.7. The van der Waals surface area contributed by atoms with Crippen LogP contribution in [0.1, 0.15) is 32.1 Å². The molecule has 0 spiro atoms. The van der Waals surface area contributed by atoms with Crippen LogP contribution in [0.15, 0.2) is 58.3 Å². The van der Waals surface area contributed by atoms with Gasteiger partial charge in [0.1, 0.15) is 5.82 Å². The summed E-state index contributed by atoms with van der Waals surface area (Å²) in [6, 6.07) is 9.42. The molecule has 1 amide bonds. The lowest BCUT2D eigenvalue weighted by Gasteiger charge is -2.33. The molecule has 0 unspecified atom stereocenters. The summed E-state index contributed by atoms with van der Waals surface area (Å²) in [7, 11) is -7.88. The highest BCUT2D eigenvalue weighted by molar-refractivity contribution is 7.89. The number of hydrogen-bond acceptors (Lipinski definition) is 5. The Morgan fingerprint density at radius 1 is 0.935 bits per heavy atom. The number of nitrogens with two attached hydrogens (primary N) is 1. The van der Waals surface area contributed by atoms with E-state index in [1.807, 2.05) is 0 Å². The first-order valence-corrected chi connectivity index (χ1v) is 12.8. The first-order valence-electron chi connectivity index (χ1n) is 9.77. The molecule has 2 aromatic carbocycles. The van der Waals surface area contributed by atoms with Crippen LogP contribution in [0.5, 0.6) is 0 Å². The van der Waals surface area contributed by atoms with Gasteiger partial charge >= 0.3 is 0 Å². The third-order valence-corrected chi connectivity index (χ3v) is 8.01. The Bertz CT molecular complexity index is 1130. The van der Waals surface area contributed by atoms with Gasteiger partial charge in [-0.3, -0.25) is 4.79 Å². The van der Waals surface area contributed by atoms with Crippen molar-refractivity contribution < 1.29 is 26.0 Å². The highest BCUT2D eigenvalue weighted by atomic mass is 32.2. The molecule has 3 N–H and O–H groups in total. The Labute approximate surface area is 181 Å². The maximum atomic E-state index is 13.3. The number of anilines is 1. The van der Waals surface area contributed by atoms with Gasteiger partial charge in [-0.1, -0.05) is 19.3 Å². The topological polar surface area (TPSA) is 127 Å². The van der Waals surface area contributed by atoms with E-state index < -0.39 is 38.3 Å². The maximum absolute atomic E-state index is 13.3. The molecule has 11 heteroatoms. The molecule has 1 aliphatic carbocycles. The summed E-state index contributed by atoms with van der Waals surface area (Å²) in [6.45, 7) is -0.415. The van der Waals surface area contributed by atoms with Crippen LogP contribution in [0.25, 0.3) is 0 Å². The van der Waals surface area contributed by atoms with Crippen LogP contribution in [-0.4, -0.2) is 39.6 Å². The molecular weight excluding hydrogens is 445 g/mol. The van der Waals surface area contributed by atoms with Crippen molar-refractivity contribution in [1.82, 2.24) is 4.31 Å². The number of carbonyl (C=O) groups is 1. The van der Waals surface area contributed by atoms with E-state index in [2.05, 4.69) is 5.32 Å². The number of hydrogen-bond donors (Lipinski definition) is 2. The van der Waals surface area contributed by atoms with Gasteiger partial charge in [-0.15, -0.1) is 0 Å². The van der Waals surface area contributed by atoms with E-state index >= 15 is 0 Å². The summed E-state index contributed by atoms with van der Waals surface area (Å²) in [6.07, 6.45) is 3.99. The molecule has 1 fully saturated rings. The SMILES string of the molecule is NS(=O)(=O)c1ccc(NC(=O)CN(C2CCCCC2)S(=O)(=O)c2ccc(F)cc2)cc1. The Morgan fingerprint density at radius 3 is 2.03 bits per heavy atom. The second kappa shape index (κ2) is 9.43. The molecule has 168 valence electrons. The van der Waals surface area contributed by atoms with Crippen molar-refractivity contribution in [3.63, 3.8) is 0 Å². The van der Waals surface area contributed by atoms with E-state index in [4.69, 9.17) is 5.14 Å². The molecule has 0 aromatic heterocycles. The van der Waals surface area contributed by atoms with Gasteiger partial charge in [0.05, 0.1) is 16.3 Å². The van der Waals surface area contributed by atoms with Crippen LogP contribution in [-0.2, 0) is 24.8 Å². The van der Waals surface area contributed by atoms with Gasteiger partial charge in [0.2, 0.25) is 26.0 Å². The quantitative estimate of drug-likeness (QED) is 0.644. The molecule has 31 heavy (non-hydrogen) atoms. The number of nitrogens with zero attached hydrogens (tertiary/aromatic N) is 1. The van der Waals surface area contributed by atoms with E-state index in [1.165, 1.54) is 40.7 Å². The fraction of sp³-hybridized carbons (Fsp3) is 0.350. The Hall–Kier alpha value is -2.34. The van der Waals surface area contributed by atoms with Crippen LogP contribution >= 0.6 is 0 Å². The Morgan fingerprint density at radius 2 is 1.48 bits per heavy atom. The smallest absolute Gasteiger partial charge is 0.243 e. The average Bonchev–Trinajstić information content (AvgIpc) is 2.72.